The topological polar surface area (TPSA) is 58.2 Å². The molecular formula is C20H18F4N2O2. The Morgan fingerprint density at radius 2 is 1.04 bits per heavy atom. The van der Waals surface area contributed by atoms with Gasteiger partial charge in [-0.15, -0.1) is 0 Å². The molecule has 0 atom stereocenters. The molecule has 0 unspecified atom stereocenters. The van der Waals surface area contributed by atoms with Crippen LogP contribution >= 0.6 is 0 Å². The number of carbonyl (C=O) groups is 2. The van der Waals surface area contributed by atoms with Gasteiger partial charge in [0.15, 0.2) is 0 Å². The molecule has 2 aromatic rings. The van der Waals surface area contributed by atoms with E-state index < -0.39 is 46.9 Å². The SMILES string of the molecule is O=C(Nc1ccc(F)cc1F)C1CCC(C(=O)Nc2ccc(F)cc2F)CC1. The van der Waals surface area contributed by atoms with E-state index in [9.17, 15) is 27.2 Å². The quantitative estimate of drug-likeness (QED) is 0.743. The Hall–Kier alpha value is -2.90. The van der Waals surface area contributed by atoms with Crippen molar-refractivity contribution in [3.63, 3.8) is 0 Å². The summed E-state index contributed by atoms with van der Waals surface area (Å²) in [6, 6.07) is 5.78. The van der Waals surface area contributed by atoms with E-state index in [1.54, 1.807) is 0 Å². The minimum atomic E-state index is -0.859. The fraction of sp³-hybridized carbons (Fsp3) is 0.300. The molecule has 0 aliphatic heterocycles. The zero-order chi connectivity index (χ0) is 20.3. The zero-order valence-corrected chi connectivity index (χ0v) is 14.8. The summed E-state index contributed by atoms with van der Waals surface area (Å²) in [5.74, 6) is -4.79. The highest BCUT2D eigenvalue weighted by atomic mass is 19.1. The smallest absolute Gasteiger partial charge is 0.227 e. The highest BCUT2D eigenvalue weighted by molar-refractivity contribution is 5.94. The number of halogens is 4. The number of anilines is 2. The third-order valence-electron chi connectivity index (χ3n) is 4.85. The lowest BCUT2D eigenvalue weighted by atomic mass is 9.81. The van der Waals surface area contributed by atoms with Crippen molar-refractivity contribution in [3.05, 3.63) is 59.7 Å². The maximum Gasteiger partial charge on any atom is 0.227 e. The summed E-state index contributed by atoms with van der Waals surface area (Å²) < 4.78 is 53.2. The van der Waals surface area contributed by atoms with Gasteiger partial charge in [-0.3, -0.25) is 9.59 Å². The second-order valence-corrected chi connectivity index (χ2v) is 6.78. The van der Waals surface area contributed by atoms with E-state index in [2.05, 4.69) is 10.6 Å². The zero-order valence-electron chi connectivity index (χ0n) is 14.8. The molecule has 2 aromatic carbocycles. The number of benzene rings is 2. The molecule has 4 nitrogen and oxygen atoms in total. The predicted octanol–water partition coefficient (Wildman–Crippen LogP) is 4.63. The summed E-state index contributed by atoms with van der Waals surface area (Å²) >= 11 is 0. The fourth-order valence-electron chi connectivity index (χ4n) is 3.27. The van der Waals surface area contributed by atoms with Crippen LogP contribution in [-0.4, -0.2) is 11.8 Å². The third kappa shape index (κ3) is 4.68. The Bertz CT molecular complexity index is 822. The molecule has 0 heterocycles. The van der Waals surface area contributed by atoms with Crippen molar-refractivity contribution >= 4 is 23.2 Å². The minimum Gasteiger partial charge on any atom is -0.323 e. The van der Waals surface area contributed by atoms with Crippen LogP contribution in [0.2, 0.25) is 0 Å². The Morgan fingerprint density at radius 3 is 1.36 bits per heavy atom. The van der Waals surface area contributed by atoms with Gasteiger partial charge in [0.05, 0.1) is 11.4 Å². The second kappa shape index (κ2) is 8.41. The van der Waals surface area contributed by atoms with Gasteiger partial charge in [-0.2, -0.15) is 0 Å². The van der Waals surface area contributed by atoms with Gasteiger partial charge in [0.25, 0.3) is 0 Å². The van der Waals surface area contributed by atoms with Gasteiger partial charge in [-0.25, -0.2) is 17.6 Å². The van der Waals surface area contributed by atoms with E-state index in [0.29, 0.717) is 37.8 Å². The van der Waals surface area contributed by atoms with Crippen LogP contribution < -0.4 is 10.6 Å². The normalized spacial score (nSPS) is 19.1. The first kappa shape index (κ1) is 19.9. The maximum absolute atomic E-state index is 13.6. The Balaban J connectivity index is 1.53. The van der Waals surface area contributed by atoms with Crippen LogP contribution in [0.3, 0.4) is 0 Å². The summed E-state index contributed by atoms with van der Waals surface area (Å²) in [7, 11) is 0. The molecule has 3 rings (SSSR count). The minimum absolute atomic E-state index is 0.0990. The lowest BCUT2D eigenvalue weighted by molar-refractivity contribution is -0.125. The molecule has 0 bridgehead atoms. The fourth-order valence-corrected chi connectivity index (χ4v) is 3.27. The van der Waals surface area contributed by atoms with Crippen LogP contribution in [-0.2, 0) is 9.59 Å². The second-order valence-electron chi connectivity index (χ2n) is 6.78. The number of rotatable bonds is 4. The summed E-state index contributed by atoms with van der Waals surface area (Å²) in [5, 5.41) is 4.88. The van der Waals surface area contributed by atoms with Crippen molar-refractivity contribution in [2.24, 2.45) is 11.8 Å². The number of hydrogen-bond donors (Lipinski definition) is 2. The van der Waals surface area contributed by atoms with E-state index >= 15 is 0 Å². The van der Waals surface area contributed by atoms with E-state index in [1.165, 1.54) is 0 Å². The van der Waals surface area contributed by atoms with Crippen molar-refractivity contribution in [1.29, 1.82) is 0 Å². The molecule has 2 N–H and O–H groups in total. The number of nitrogens with one attached hydrogen (secondary N) is 2. The first-order chi connectivity index (χ1) is 13.3. The molecule has 1 saturated carbocycles. The number of amides is 2. The summed E-state index contributed by atoms with van der Waals surface area (Å²) in [4.78, 5) is 24.6. The molecule has 28 heavy (non-hydrogen) atoms. The predicted molar refractivity (Wildman–Crippen MR) is 95.4 cm³/mol. The molecular weight excluding hydrogens is 376 g/mol. The molecule has 0 spiro atoms. The summed E-state index contributed by atoms with van der Waals surface area (Å²) in [5.41, 5.74) is -0.198. The van der Waals surface area contributed by atoms with Crippen LogP contribution in [0.15, 0.2) is 36.4 Å². The molecule has 1 aliphatic rings. The van der Waals surface area contributed by atoms with Gasteiger partial charge in [0.1, 0.15) is 23.3 Å². The monoisotopic (exact) mass is 394 g/mol. The number of hydrogen-bond acceptors (Lipinski definition) is 2. The average Bonchev–Trinajstić information content (AvgIpc) is 2.66. The number of carbonyl (C=O) groups excluding carboxylic acids is 2. The van der Waals surface area contributed by atoms with Crippen LogP contribution in [0.1, 0.15) is 25.7 Å². The van der Waals surface area contributed by atoms with E-state index in [-0.39, 0.29) is 11.4 Å². The molecule has 148 valence electrons. The molecule has 1 fully saturated rings. The van der Waals surface area contributed by atoms with E-state index in [1.807, 2.05) is 0 Å². The van der Waals surface area contributed by atoms with Crippen molar-refractivity contribution in [2.75, 3.05) is 10.6 Å². The van der Waals surface area contributed by atoms with Crippen molar-refractivity contribution in [1.82, 2.24) is 0 Å². The Labute approximate surface area is 158 Å². The van der Waals surface area contributed by atoms with Crippen molar-refractivity contribution in [3.8, 4) is 0 Å². The third-order valence-corrected chi connectivity index (χ3v) is 4.85. The molecule has 8 heteroatoms. The Morgan fingerprint density at radius 1 is 0.679 bits per heavy atom. The van der Waals surface area contributed by atoms with Crippen LogP contribution in [0.4, 0.5) is 28.9 Å². The first-order valence-corrected chi connectivity index (χ1v) is 8.85. The van der Waals surface area contributed by atoms with Gasteiger partial charge in [-0.1, -0.05) is 0 Å². The summed E-state index contributed by atoms with van der Waals surface area (Å²) in [6.45, 7) is 0. The van der Waals surface area contributed by atoms with Crippen LogP contribution in [0.5, 0.6) is 0 Å². The van der Waals surface area contributed by atoms with Gasteiger partial charge in [0.2, 0.25) is 11.8 Å². The maximum atomic E-state index is 13.6. The molecule has 0 radical (unpaired) electrons. The van der Waals surface area contributed by atoms with Crippen molar-refractivity contribution in [2.45, 2.75) is 25.7 Å². The average molecular weight is 394 g/mol. The lowest BCUT2D eigenvalue weighted by Gasteiger charge is -2.27. The standard InChI is InChI=1S/C20H18F4N2O2/c21-13-5-7-17(15(23)9-13)25-19(27)11-1-2-12(4-3-11)20(28)26-18-8-6-14(22)10-16(18)24/h5-12H,1-4H2,(H,25,27)(H,26,28). The summed E-state index contributed by atoms with van der Waals surface area (Å²) in [6.07, 6.45) is 1.61. The Kier molecular flexibility index (Phi) is 5.96. The van der Waals surface area contributed by atoms with Crippen LogP contribution in [0, 0.1) is 35.1 Å². The van der Waals surface area contributed by atoms with Crippen LogP contribution in [0.25, 0.3) is 0 Å². The van der Waals surface area contributed by atoms with Crippen molar-refractivity contribution < 1.29 is 27.2 Å². The highest BCUT2D eigenvalue weighted by Crippen LogP contribution is 2.31. The van der Waals surface area contributed by atoms with Gasteiger partial charge < -0.3 is 10.6 Å². The molecule has 0 saturated heterocycles. The van der Waals surface area contributed by atoms with Gasteiger partial charge in [0, 0.05) is 24.0 Å². The molecule has 0 aromatic heterocycles. The highest BCUT2D eigenvalue weighted by Gasteiger charge is 2.30. The largest absolute Gasteiger partial charge is 0.323 e. The van der Waals surface area contributed by atoms with E-state index in [0.717, 1.165) is 24.3 Å². The van der Waals surface area contributed by atoms with Gasteiger partial charge >= 0.3 is 0 Å². The first-order valence-electron chi connectivity index (χ1n) is 8.85. The molecule has 2 amide bonds. The lowest BCUT2D eigenvalue weighted by Crippen LogP contribution is -2.32. The van der Waals surface area contributed by atoms with Gasteiger partial charge in [-0.05, 0) is 49.9 Å². The molecule has 1 aliphatic carbocycles. The van der Waals surface area contributed by atoms with E-state index in [4.69, 9.17) is 0 Å².